The minimum atomic E-state index is 0.600. The molecule has 2 nitrogen and oxygen atoms in total. The number of hydrazine groups is 1. The molecule has 2 fully saturated rings. The monoisotopic (exact) mass is 224 g/mol. The summed E-state index contributed by atoms with van der Waals surface area (Å²) < 4.78 is 0. The summed E-state index contributed by atoms with van der Waals surface area (Å²) in [5, 5.41) is 0. The highest BCUT2D eigenvalue weighted by molar-refractivity contribution is 4.87. The summed E-state index contributed by atoms with van der Waals surface area (Å²) >= 11 is 0. The Balaban J connectivity index is 1.92. The largest absolute Gasteiger partial charge is 0.271 e. The summed E-state index contributed by atoms with van der Waals surface area (Å²) in [5.41, 5.74) is 3.16. The van der Waals surface area contributed by atoms with E-state index in [9.17, 15) is 0 Å². The molecule has 2 heteroatoms. The number of nitrogens with one attached hydrogen (secondary N) is 1. The lowest BCUT2D eigenvalue weighted by Gasteiger charge is -2.30. The van der Waals surface area contributed by atoms with E-state index in [-0.39, 0.29) is 0 Å². The molecule has 0 aliphatic heterocycles. The summed E-state index contributed by atoms with van der Waals surface area (Å²) in [5.74, 6) is 8.45. The molecule has 0 bridgehead atoms. The van der Waals surface area contributed by atoms with Gasteiger partial charge in [0.1, 0.15) is 0 Å². The second-order valence-corrected chi connectivity index (χ2v) is 6.12. The minimum absolute atomic E-state index is 0.600. The molecule has 0 heterocycles. The Morgan fingerprint density at radius 3 is 2.12 bits per heavy atom. The van der Waals surface area contributed by atoms with Crippen molar-refractivity contribution in [2.75, 3.05) is 0 Å². The van der Waals surface area contributed by atoms with Gasteiger partial charge < -0.3 is 0 Å². The van der Waals surface area contributed by atoms with Crippen LogP contribution in [-0.4, -0.2) is 6.04 Å². The van der Waals surface area contributed by atoms with E-state index in [0.29, 0.717) is 6.04 Å². The van der Waals surface area contributed by atoms with Crippen LogP contribution in [0, 0.1) is 17.8 Å². The number of rotatable bonds is 3. The lowest BCUT2D eigenvalue weighted by atomic mass is 9.83. The highest BCUT2D eigenvalue weighted by atomic mass is 15.2. The molecule has 0 aromatic carbocycles. The van der Waals surface area contributed by atoms with Crippen molar-refractivity contribution < 1.29 is 0 Å². The Hall–Kier alpha value is -0.0800. The molecule has 16 heavy (non-hydrogen) atoms. The van der Waals surface area contributed by atoms with Crippen LogP contribution in [0.4, 0.5) is 0 Å². The van der Waals surface area contributed by atoms with Gasteiger partial charge in [0.2, 0.25) is 0 Å². The van der Waals surface area contributed by atoms with E-state index >= 15 is 0 Å². The molecular formula is C14H28N2. The molecule has 94 valence electrons. The third kappa shape index (κ3) is 2.98. The van der Waals surface area contributed by atoms with Gasteiger partial charge in [0.05, 0.1) is 0 Å². The first-order valence-corrected chi connectivity index (χ1v) is 7.27. The van der Waals surface area contributed by atoms with Gasteiger partial charge in [-0.25, -0.2) is 0 Å². The van der Waals surface area contributed by atoms with Crippen molar-refractivity contribution in [2.45, 2.75) is 70.8 Å². The molecule has 0 aromatic rings. The molecule has 2 rings (SSSR count). The predicted molar refractivity (Wildman–Crippen MR) is 68.8 cm³/mol. The minimum Gasteiger partial charge on any atom is -0.271 e. The van der Waals surface area contributed by atoms with Crippen LogP contribution in [0.15, 0.2) is 0 Å². The Bertz CT molecular complexity index is 197. The summed E-state index contributed by atoms with van der Waals surface area (Å²) in [6.07, 6.45) is 12.7. The summed E-state index contributed by atoms with van der Waals surface area (Å²) in [4.78, 5) is 0. The smallest absolute Gasteiger partial charge is 0.0267 e. The van der Waals surface area contributed by atoms with E-state index in [4.69, 9.17) is 5.84 Å². The lowest BCUT2D eigenvalue weighted by Crippen LogP contribution is -2.45. The number of nitrogens with two attached hydrogens (primary N) is 1. The van der Waals surface area contributed by atoms with Crippen molar-refractivity contribution >= 4 is 0 Å². The van der Waals surface area contributed by atoms with Crippen LogP contribution in [0.5, 0.6) is 0 Å². The maximum atomic E-state index is 5.83. The number of hydrogen-bond donors (Lipinski definition) is 2. The maximum absolute atomic E-state index is 5.83. The quantitative estimate of drug-likeness (QED) is 0.439. The number of hydrogen-bond acceptors (Lipinski definition) is 2. The van der Waals surface area contributed by atoms with E-state index in [1.165, 1.54) is 57.8 Å². The van der Waals surface area contributed by atoms with Crippen molar-refractivity contribution in [3.05, 3.63) is 0 Å². The van der Waals surface area contributed by atoms with Gasteiger partial charge in [0.15, 0.2) is 0 Å². The van der Waals surface area contributed by atoms with Crippen molar-refractivity contribution in [2.24, 2.45) is 23.6 Å². The molecule has 0 amide bonds. The highest BCUT2D eigenvalue weighted by Gasteiger charge is 2.33. The van der Waals surface area contributed by atoms with Crippen molar-refractivity contribution in [1.29, 1.82) is 0 Å². The van der Waals surface area contributed by atoms with Crippen LogP contribution in [0.3, 0.4) is 0 Å². The van der Waals surface area contributed by atoms with Crippen LogP contribution < -0.4 is 11.3 Å². The average molecular weight is 224 g/mol. The zero-order valence-electron chi connectivity index (χ0n) is 10.8. The van der Waals surface area contributed by atoms with Gasteiger partial charge in [0.25, 0.3) is 0 Å². The molecule has 0 radical (unpaired) electrons. The summed E-state index contributed by atoms with van der Waals surface area (Å²) in [6, 6.07) is 0.600. The fourth-order valence-electron chi connectivity index (χ4n) is 3.90. The van der Waals surface area contributed by atoms with Gasteiger partial charge >= 0.3 is 0 Å². The van der Waals surface area contributed by atoms with Crippen molar-refractivity contribution in [3.63, 3.8) is 0 Å². The molecule has 2 saturated carbocycles. The van der Waals surface area contributed by atoms with E-state index in [1.54, 1.807) is 0 Å². The zero-order chi connectivity index (χ0) is 11.4. The molecule has 3 atom stereocenters. The van der Waals surface area contributed by atoms with Gasteiger partial charge in [0, 0.05) is 6.04 Å². The normalized spacial score (nSPS) is 34.9. The Labute approximate surface area is 100 Å². The molecule has 3 unspecified atom stereocenters. The van der Waals surface area contributed by atoms with Crippen molar-refractivity contribution in [1.82, 2.24) is 5.43 Å². The second kappa shape index (κ2) is 6.02. The summed E-state index contributed by atoms with van der Waals surface area (Å²) in [7, 11) is 0. The lowest BCUT2D eigenvalue weighted by molar-refractivity contribution is 0.236. The molecule has 0 saturated heterocycles. The molecule has 2 aliphatic rings. The van der Waals surface area contributed by atoms with Gasteiger partial charge in [-0.15, -0.1) is 0 Å². The van der Waals surface area contributed by atoms with Crippen LogP contribution in [0.2, 0.25) is 0 Å². The third-order valence-corrected chi connectivity index (χ3v) is 4.84. The molecule has 0 spiro atoms. The average Bonchev–Trinajstić information content (AvgIpc) is 2.55. The van der Waals surface area contributed by atoms with Crippen LogP contribution >= 0.6 is 0 Å². The second-order valence-electron chi connectivity index (χ2n) is 6.12. The van der Waals surface area contributed by atoms with E-state index in [0.717, 1.165) is 17.8 Å². The maximum Gasteiger partial charge on any atom is 0.0267 e. The van der Waals surface area contributed by atoms with E-state index in [1.807, 2.05) is 0 Å². The van der Waals surface area contributed by atoms with Crippen LogP contribution in [0.25, 0.3) is 0 Å². The fourth-order valence-corrected chi connectivity index (χ4v) is 3.90. The standard InChI is InChI=1S/C14H28N2/c1-11-8-9-13(10-11)14(16-15)12-6-4-2-3-5-7-12/h11-14,16H,2-10,15H2,1H3. The molecule has 2 aliphatic carbocycles. The SMILES string of the molecule is CC1CCC(C(NN)C2CCCCCC2)C1. The van der Waals surface area contributed by atoms with Gasteiger partial charge in [-0.2, -0.15) is 0 Å². The first-order valence-electron chi connectivity index (χ1n) is 7.27. The topological polar surface area (TPSA) is 38.0 Å². The highest BCUT2D eigenvalue weighted by Crippen LogP contribution is 2.38. The fraction of sp³-hybridized carbons (Fsp3) is 1.00. The molecule has 0 aromatic heterocycles. The van der Waals surface area contributed by atoms with Crippen LogP contribution in [0.1, 0.15) is 64.7 Å². The van der Waals surface area contributed by atoms with Gasteiger partial charge in [-0.3, -0.25) is 11.3 Å². The van der Waals surface area contributed by atoms with E-state index < -0.39 is 0 Å². The third-order valence-electron chi connectivity index (χ3n) is 4.84. The van der Waals surface area contributed by atoms with Crippen molar-refractivity contribution in [3.8, 4) is 0 Å². The Kier molecular flexibility index (Phi) is 4.66. The predicted octanol–water partition coefficient (Wildman–Crippen LogP) is 3.22. The molecular weight excluding hydrogens is 196 g/mol. The van der Waals surface area contributed by atoms with Crippen LogP contribution in [-0.2, 0) is 0 Å². The van der Waals surface area contributed by atoms with E-state index in [2.05, 4.69) is 12.3 Å². The summed E-state index contributed by atoms with van der Waals surface area (Å²) in [6.45, 7) is 2.39. The van der Waals surface area contributed by atoms with Gasteiger partial charge in [-0.1, -0.05) is 39.0 Å². The first kappa shape index (κ1) is 12.4. The Morgan fingerprint density at radius 1 is 0.938 bits per heavy atom. The first-order chi connectivity index (χ1) is 7.81. The zero-order valence-corrected chi connectivity index (χ0v) is 10.8. The Morgan fingerprint density at radius 2 is 1.62 bits per heavy atom. The van der Waals surface area contributed by atoms with Gasteiger partial charge in [-0.05, 0) is 43.4 Å². The molecule has 3 N–H and O–H groups in total.